The first-order valence-electron chi connectivity index (χ1n) is 16.1. The Labute approximate surface area is 295 Å². The van der Waals surface area contributed by atoms with Gasteiger partial charge in [-0.05, 0) is 74.2 Å². The van der Waals surface area contributed by atoms with Gasteiger partial charge in [-0.1, -0.05) is 48.5 Å². The van der Waals surface area contributed by atoms with Crippen LogP contribution in [0.4, 0.5) is 11.4 Å². The van der Waals surface area contributed by atoms with Crippen molar-refractivity contribution in [2.75, 3.05) is 11.5 Å². The molecule has 0 spiro atoms. The van der Waals surface area contributed by atoms with Gasteiger partial charge < -0.3 is 20.6 Å². The predicted molar refractivity (Wildman–Crippen MR) is 200 cm³/mol. The largest absolute Gasteiger partial charge is 0.759 e. The second-order valence-electron chi connectivity index (χ2n) is 12.4. The first-order chi connectivity index (χ1) is 24.3. The van der Waals surface area contributed by atoms with Gasteiger partial charge in [-0.15, -0.1) is 9.13 Å². The van der Waals surface area contributed by atoms with E-state index < -0.39 is 10.4 Å². The minimum atomic E-state index is -5.17. The van der Waals surface area contributed by atoms with Crippen LogP contribution in [0.2, 0.25) is 0 Å². The normalized spacial score (nSPS) is 11.3. The van der Waals surface area contributed by atoms with Crippen molar-refractivity contribution in [1.29, 1.82) is 0 Å². The van der Waals surface area contributed by atoms with Gasteiger partial charge in [0.1, 0.15) is 22.1 Å². The van der Waals surface area contributed by atoms with Crippen LogP contribution in [0.5, 0.6) is 0 Å². The Balaban J connectivity index is 0.000000156. The molecule has 256 valence electrons. The summed E-state index contributed by atoms with van der Waals surface area (Å²) in [6, 6.07) is 41.6. The summed E-state index contributed by atoms with van der Waals surface area (Å²) in [7, 11) is -5.17. The molecule has 0 saturated carbocycles. The Morgan fingerprint density at radius 2 is 0.824 bits per heavy atom. The van der Waals surface area contributed by atoms with Crippen molar-refractivity contribution in [2.45, 2.75) is 27.7 Å². The SMILES string of the molecule is Cc1ccc2c(c1)nc1cc(C)c(N)cc1[n+]2-c1ccccc1.Cc1ccc2c(c1)nc1cc(C)c(N)cc1[n+]2-c1ccccc1.O=S(=O)([O-])[O-]. The molecule has 0 bridgehead atoms. The van der Waals surface area contributed by atoms with Crippen molar-refractivity contribution in [1.82, 2.24) is 9.97 Å². The summed E-state index contributed by atoms with van der Waals surface area (Å²) in [5.41, 5.74) is 28.7. The molecule has 0 radical (unpaired) electrons. The molecule has 6 aromatic carbocycles. The maximum atomic E-state index is 8.52. The van der Waals surface area contributed by atoms with Gasteiger partial charge in [-0.3, -0.25) is 8.42 Å². The smallest absolute Gasteiger partial charge is 0.239 e. The van der Waals surface area contributed by atoms with Gasteiger partial charge in [-0.2, -0.15) is 0 Å². The number of aryl methyl sites for hydroxylation is 4. The molecule has 0 aliphatic heterocycles. The third kappa shape index (κ3) is 7.76. The summed E-state index contributed by atoms with van der Waals surface area (Å²) in [5, 5.41) is 0. The molecule has 51 heavy (non-hydrogen) atoms. The first-order valence-corrected chi connectivity index (χ1v) is 17.4. The van der Waals surface area contributed by atoms with Crippen molar-refractivity contribution in [3.8, 4) is 11.4 Å². The zero-order valence-electron chi connectivity index (χ0n) is 28.5. The Kier molecular flexibility index (Phi) is 9.62. The van der Waals surface area contributed by atoms with E-state index in [2.05, 4.69) is 95.8 Å². The Bertz CT molecular complexity index is 2510. The predicted octanol–water partition coefficient (Wildman–Crippen LogP) is 6.39. The van der Waals surface area contributed by atoms with E-state index in [9.17, 15) is 0 Å². The van der Waals surface area contributed by atoms with Crippen molar-refractivity contribution >= 4 is 65.9 Å². The fourth-order valence-corrected chi connectivity index (χ4v) is 5.99. The number of nitrogens with zero attached hydrogens (tertiary/aromatic N) is 4. The molecule has 0 aliphatic carbocycles. The molecule has 0 saturated heterocycles. The van der Waals surface area contributed by atoms with Gasteiger partial charge in [0.25, 0.3) is 0 Å². The molecule has 2 aromatic heterocycles. The van der Waals surface area contributed by atoms with E-state index in [-0.39, 0.29) is 0 Å². The van der Waals surface area contributed by atoms with Gasteiger partial charge in [-0.25, -0.2) is 9.97 Å². The highest BCUT2D eigenvalue weighted by Crippen LogP contribution is 2.24. The third-order valence-corrected chi connectivity index (χ3v) is 8.46. The van der Waals surface area contributed by atoms with Gasteiger partial charge in [0.2, 0.25) is 33.4 Å². The molecule has 10 nitrogen and oxygen atoms in total. The van der Waals surface area contributed by atoms with Gasteiger partial charge in [0, 0.05) is 70.3 Å². The van der Waals surface area contributed by atoms with Crippen LogP contribution < -0.4 is 20.6 Å². The number of anilines is 2. The highest BCUT2D eigenvalue weighted by atomic mass is 32.3. The Morgan fingerprint density at radius 3 is 1.18 bits per heavy atom. The molecule has 0 unspecified atom stereocenters. The average Bonchev–Trinajstić information content (AvgIpc) is 3.08. The van der Waals surface area contributed by atoms with Crippen LogP contribution in [0.1, 0.15) is 22.3 Å². The lowest BCUT2D eigenvalue weighted by Gasteiger charge is -2.07. The number of aromatic nitrogens is 4. The van der Waals surface area contributed by atoms with Crippen molar-refractivity contribution in [2.24, 2.45) is 0 Å². The molecule has 8 rings (SSSR count). The van der Waals surface area contributed by atoms with E-state index in [1.807, 2.05) is 62.4 Å². The van der Waals surface area contributed by atoms with Gasteiger partial charge in [0.15, 0.2) is 0 Å². The third-order valence-electron chi connectivity index (χ3n) is 8.46. The summed E-state index contributed by atoms with van der Waals surface area (Å²) in [5.74, 6) is 0. The lowest BCUT2D eigenvalue weighted by molar-refractivity contribution is -0.538. The maximum absolute atomic E-state index is 8.52. The van der Waals surface area contributed by atoms with Crippen LogP contribution in [-0.2, 0) is 10.4 Å². The van der Waals surface area contributed by atoms with E-state index in [0.29, 0.717) is 0 Å². The average molecular weight is 697 g/mol. The first kappa shape index (κ1) is 34.8. The molecule has 0 atom stereocenters. The molecule has 8 aromatic rings. The second kappa shape index (κ2) is 14.1. The maximum Gasteiger partial charge on any atom is 0.239 e. The van der Waals surface area contributed by atoms with E-state index in [1.54, 1.807) is 0 Å². The quantitative estimate of drug-likeness (QED) is 0.0690. The van der Waals surface area contributed by atoms with Crippen molar-refractivity contribution in [3.05, 3.63) is 144 Å². The van der Waals surface area contributed by atoms with E-state index in [1.165, 1.54) is 11.1 Å². The molecule has 11 heteroatoms. The molecule has 4 N–H and O–H groups in total. The fraction of sp³-hybridized carbons (Fsp3) is 0.100. The van der Waals surface area contributed by atoms with Crippen LogP contribution in [0, 0.1) is 27.7 Å². The lowest BCUT2D eigenvalue weighted by Crippen LogP contribution is -2.33. The van der Waals surface area contributed by atoms with Crippen molar-refractivity contribution < 1.29 is 26.7 Å². The van der Waals surface area contributed by atoms with Crippen LogP contribution >= 0.6 is 0 Å². The van der Waals surface area contributed by atoms with Crippen LogP contribution in [0.15, 0.2) is 121 Å². The molecule has 0 fully saturated rings. The summed E-state index contributed by atoms with van der Waals surface area (Å²) >= 11 is 0. The van der Waals surface area contributed by atoms with Gasteiger partial charge in [0.05, 0.1) is 0 Å². The molecular weight excluding hydrogens is 661 g/mol. The number of hydrogen-bond donors (Lipinski definition) is 2. The number of benzene rings is 6. The zero-order valence-corrected chi connectivity index (χ0v) is 29.3. The molecular formula is C40H36N6O4S. The molecule has 0 amide bonds. The van der Waals surface area contributed by atoms with E-state index in [0.717, 1.165) is 78.0 Å². The molecule has 0 aliphatic rings. The standard InChI is InChI=1S/2C20H17N3.H2O4S/c2*1-13-8-9-19-17(10-13)22-18-11-14(2)16(21)12-20(18)23(19)15-6-4-3-5-7-15;1-5(2,3)4/h2*3-12,21H,1-2H3;(H2,1,2,3,4). The minimum absolute atomic E-state index is 0.787. The number of hydrogen-bond acceptors (Lipinski definition) is 8. The second-order valence-corrected chi connectivity index (χ2v) is 13.2. The highest BCUT2D eigenvalue weighted by Gasteiger charge is 2.21. The van der Waals surface area contributed by atoms with E-state index in [4.69, 9.17) is 39.0 Å². The zero-order chi connectivity index (χ0) is 36.4. The number of para-hydroxylation sites is 2. The Hall–Kier alpha value is -6.01. The summed E-state index contributed by atoms with van der Waals surface area (Å²) in [6.45, 7) is 8.21. The monoisotopic (exact) mass is 696 g/mol. The summed E-state index contributed by atoms with van der Waals surface area (Å²) in [6.07, 6.45) is 0. The topological polar surface area (TPSA) is 166 Å². The molecule has 2 heterocycles. The van der Waals surface area contributed by atoms with Gasteiger partial charge >= 0.3 is 0 Å². The fourth-order valence-electron chi connectivity index (χ4n) is 5.99. The number of nitrogen functional groups attached to an aromatic ring is 2. The van der Waals surface area contributed by atoms with Crippen molar-refractivity contribution in [3.63, 3.8) is 0 Å². The summed E-state index contributed by atoms with van der Waals surface area (Å²) in [4.78, 5) is 9.70. The van der Waals surface area contributed by atoms with Crippen LogP contribution in [0.3, 0.4) is 0 Å². The van der Waals surface area contributed by atoms with E-state index >= 15 is 0 Å². The Morgan fingerprint density at radius 1 is 0.490 bits per heavy atom. The lowest BCUT2D eigenvalue weighted by atomic mass is 10.1. The minimum Gasteiger partial charge on any atom is -0.759 e. The van der Waals surface area contributed by atoms with Crippen LogP contribution in [-0.4, -0.2) is 27.5 Å². The number of fused-ring (bicyclic) bond motifs is 4. The van der Waals surface area contributed by atoms with Crippen LogP contribution in [0.25, 0.3) is 55.5 Å². The summed E-state index contributed by atoms with van der Waals surface area (Å²) < 4.78 is 38.5. The highest BCUT2D eigenvalue weighted by molar-refractivity contribution is 7.79. The number of nitrogens with two attached hydrogens (primary N) is 2. The number of rotatable bonds is 2.